The van der Waals surface area contributed by atoms with Crippen molar-refractivity contribution in [2.24, 2.45) is 0 Å². The van der Waals surface area contributed by atoms with E-state index in [1.807, 2.05) is 63.2 Å². The van der Waals surface area contributed by atoms with Crippen molar-refractivity contribution in [2.45, 2.75) is 58.0 Å². The Balaban J connectivity index is 1.93. The van der Waals surface area contributed by atoms with Gasteiger partial charge in [-0.25, -0.2) is 0 Å². The molecule has 3 aromatic rings. The van der Waals surface area contributed by atoms with Crippen LogP contribution in [0.3, 0.4) is 0 Å². The van der Waals surface area contributed by atoms with Crippen molar-refractivity contribution in [1.29, 1.82) is 0 Å². The molecule has 7 heteroatoms. The van der Waals surface area contributed by atoms with Gasteiger partial charge in [-0.05, 0) is 56.5 Å². The number of carbonyl (C=O) groups is 2. The van der Waals surface area contributed by atoms with E-state index < -0.39 is 11.6 Å². The summed E-state index contributed by atoms with van der Waals surface area (Å²) in [6.07, 6.45) is 0.374. The maximum atomic E-state index is 13.8. The Labute approximate surface area is 234 Å². The molecule has 0 aliphatic heterocycles. The molecule has 1 N–H and O–H groups in total. The predicted molar refractivity (Wildman–Crippen MR) is 156 cm³/mol. The van der Waals surface area contributed by atoms with Crippen LogP contribution in [0.2, 0.25) is 10.0 Å². The molecule has 0 bridgehead atoms. The molecule has 0 aliphatic rings. The highest BCUT2D eigenvalue weighted by atomic mass is 35.5. The third-order valence-electron chi connectivity index (χ3n) is 5.90. The maximum absolute atomic E-state index is 13.8. The standard InChI is InChI=1S/C30H34Cl2N2O2S/c1-21-11-8-9-14-23(21)19-37-20-28(35)34(18-24-25(31)15-10-16-26(24)32)27(29(36)33-30(2,3)4)17-22-12-6-5-7-13-22/h5-16,27H,17-20H2,1-4H3,(H,33,36). The Kier molecular flexibility index (Phi) is 10.5. The van der Waals surface area contributed by atoms with Gasteiger partial charge < -0.3 is 10.2 Å². The molecular formula is C30H34Cl2N2O2S. The topological polar surface area (TPSA) is 49.4 Å². The van der Waals surface area contributed by atoms with Crippen molar-refractivity contribution in [3.05, 3.63) is 105 Å². The first kappa shape index (κ1) is 29.1. The van der Waals surface area contributed by atoms with Crippen molar-refractivity contribution in [2.75, 3.05) is 5.75 Å². The number of nitrogens with one attached hydrogen (secondary N) is 1. The average molecular weight is 558 g/mol. The Morgan fingerprint density at radius 1 is 0.919 bits per heavy atom. The molecule has 0 saturated carbocycles. The summed E-state index contributed by atoms with van der Waals surface area (Å²) in [6, 6.07) is 22.4. The highest BCUT2D eigenvalue weighted by Crippen LogP contribution is 2.28. The third kappa shape index (κ3) is 8.80. The third-order valence-corrected chi connectivity index (χ3v) is 7.58. The van der Waals surface area contributed by atoms with E-state index >= 15 is 0 Å². The van der Waals surface area contributed by atoms with Crippen LogP contribution < -0.4 is 5.32 Å². The monoisotopic (exact) mass is 556 g/mol. The zero-order valence-corrected chi connectivity index (χ0v) is 24.1. The molecule has 3 rings (SSSR count). The number of amides is 2. The molecular weight excluding hydrogens is 523 g/mol. The lowest BCUT2D eigenvalue weighted by Crippen LogP contribution is -2.54. The number of benzene rings is 3. The smallest absolute Gasteiger partial charge is 0.243 e. The van der Waals surface area contributed by atoms with Gasteiger partial charge >= 0.3 is 0 Å². The second kappa shape index (κ2) is 13.4. The average Bonchev–Trinajstić information content (AvgIpc) is 2.83. The zero-order chi connectivity index (χ0) is 27.0. The summed E-state index contributed by atoms with van der Waals surface area (Å²) in [5.41, 5.74) is 3.51. The van der Waals surface area contributed by atoms with E-state index in [2.05, 4.69) is 24.4 Å². The van der Waals surface area contributed by atoms with Crippen molar-refractivity contribution < 1.29 is 9.59 Å². The highest BCUT2D eigenvalue weighted by Gasteiger charge is 2.33. The van der Waals surface area contributed by atoms with Crippen LogP contribution in [0.5, 0.6) is 0 Å². The van der Waals surface area contributed by atoms with Crippen LogP contribution in [0.25, 0.3) is 0 Å². The van der Waals surface area contributed by atoms with E-state index in [0.717, 1.165) is 5.56 Å². The predicted octanol–water partition coefficient (Wildman–Crippen LogP) is 7.09. The van der Waals surface area contributed by atoms with Crippen LogP contribution >= 0.6 is 35.0 Å². The molecule has 4 nitrogen and oxygen atoms in total. The minimum absolute atomic E-state index is 0.136. The van der Waals surface area contributed by atoms with Crippen molar-refractivity contribution in [3.63, 3.8) is 0 Å². The molecule has 0 saturated heterocycles. The normalized spacial score (nSPS) is 12.2. The number of rotatable bonds is 10. The van der Waals surface area contributed by atoms with Crippen LogP contribution in [0.1, 0.15) is 43.0 Å². The number of hydrogen-bond acceptors (Lipinski definition) is 3. The van der Waals surface area contributed by atoms with E-state index in [-0.39, 0.29) is 24.1 Å². The first-order valence-electron chi connectivity index (χ1n) is 12.3. The summed E-state index contributed by atoms with van der Waals surface area (Å²) in [5, 5.41) is 4.00. The van der Waals surface area contributed by atoms with Crippen LogP contribution in [-0.4, -0.2) is 34.0 Å². The summed E-state index contributed by atoms with van der Waals surface area (Å²) in [5.74, 6) is 0.581. The molecule has 0 aliphatic carbocycles. The summed E-state index contributed by atoms with van der Waals surface area (Å²) < 4.78 is 0. The molecule has 37 heavy (non-hydrogen) atoms. The van der Waals surface area contributed by atoms with Gasteiger partial charge in [0.1, 0.15) is 6.04 Å². The maximum Gasteiger partial charge on any atom is 0.243 e. The van der Waals surface area contributed by atoms with Gasteiger partial charge in [0.2, 0.25) is 11.8 Å². The number of aryl methyl sites for hydroxylation is 1. The Morgan fingerprint density at radius 2 is 1.54 bits per heavy atom. The number of thioether (sulfide) groups is 1. The van der Waals surface area contributed by atoms with E-state index in [9.17, 15) is 9.59 Å². The summed E-state index contributed by atoms with van der Waals surface area (Å²) in [4.78, 5) is 29.0. The quantitative estimate of drug-likeness (QED) is 0.290. The van der Waals surface area contributed by atoms with E-state index in [0.29, 0.717) is 27.8 Å². The lowest BCUT2D eigenvalue weighted by Gasteiger charge is -2.34. The first-order valence-corrected chi connectivity index (χ1v) is 14.2. The molecule has 1 atom stereocenters. The van der Waals surface area contributed by atoms with Crippen LogP contribution in [0.4, 0.5) is 0 Å². The first-order chi connectivity index (χ1) is 17.5. The van der Waals surface area contributed by atoms with Gasteiger partial charge in [0.05, 0.1) is 5.75 Å². The fraction of sp³-hybridized carbons (Fsp3) is 0.333. The van der Waals surface area contributed by atoms with Gasteiger partial charge in [-0.2, -0.15) is 0 Å². The number of carbonyl (C=O) groups excluding carboxylic acids is 2. The van der Waals surface area contributed by atoms with Gasteiger partial charge in [0.15, 0.2) is 0 Å². The molecule has 3 aromatic carbocycles. The van der Waals surface area contributed by atoms with Gasteiger partial charge in [-0.1, -0.05) is 83.9 Å². The molecule has 0 radical (unpaired) electrons. The zero-order valence-electron chi connectivity index (χ0n) is 21.8. The van der Waals surface area contributed by atoms with Crippen molar-refractivity contribution in [1.82, 2.24) is 10.2 Å². The molecule has 0 fully saturated rings. The summed E-state index contributed by atoms with van der Waals surface area (Å²) >= 11 is 14.5. The van der Waals surface area contributed by atoms with Crippen LogP contribution in [0.15, 0.2) is 72.8 Å². The Hall–Kier alpha value is -2.47. The van der Waals surface area contributed by atoms with Crippen molar-refractivity contribution >= 4 is 46.8 Å². The number of nitrogens with zero attached hydrogens (tertiary/aromatic N) is 1. The van der Waals surface area contributed by atoms with Gasteiger partial charge in [-0.15, -0.1) is 11.8 Å². The molecule has 1 unspecified atom stereocenters. The SMILES string of the molecule is Cc1ccccc1CSCC(=O)N(Cc1c(Cl)cccc1Cl)C(Cc1ccccc1)C(=O)NC(C)(C)C. The number of hydrogen-bond donors (Lipinski definition) is 1. The van der Waals surface area contributed by atoms with Gasteiger partial charge in [0, 0.05) is 39.9 Å². The van der Waals surface area contributed by atoms with E-state index in [1.54, 1.807) is 23.1 Å². The van der Waals surface area contributed by atoms with E-state index in [1.165, 1.54) is 22.9 Å². The van der Waals surface area contributed by atoms with Crippen LogP contribution in [0, 0.1) is 6.92 Å². The Morgan fingerprint density at radius 3 is 2.16 bits per heavy atom. The largest absolute Gasteiger partial charge is 0.350 e. The molecule has 0 heterocycles. The van der Waals surface area contributed by atoms with Crippen molar-refractivity contribution in [3.8, 4) is 0 Å². The fourth-order valence-electron chi connectivity index (χ4n) is 3.96. The molecule has 196 valence electrons. The lowest BCUT2D eigenvalue weighted by molar-refractivity contribution is -0.140. The molecule has 0 aromatic heterocycles. The highest BCUT2D eigenvalue weighted by molar-refractivity contribution is 7.99. The number of halogens is 2. The summed E-state index contributed by atoms with van der Waals surface area (Å²) in [7, 11) is 0. The van der Waals surface area contributed by atoms with Crippen LogP contribution in [-0.2, 0) is 28.3 Å². The molecule has 2 amide bonds. The molecule has 0 spiro atoms. The van der Waals surface area contributed by atoms with Gasteiger partial charge in [-0.3, -0.25) is 9.59 Å². The Bertz CT molecular complexity index is 1190. The minimum Gasteiger partial charge on any atom is -0.350 e. The summed E-state index contributed by atoms with van der Waals surface area (Å²) in [6.45, 7) is 7.99. The second-order valence-electron chi connectivity index (χ2n) is 10.1. The lowest BCUT2D eigenvalue weighted by atomic mass is 10.0. The minimum atomic E-state index is -0.736. The van der Waals surface area contributed by atoms with Gasteiger partial charge in [0.25, 0.3) is 0 Å². The second-order valence-corrected chi connectivity index (χ2v) is 11.9. The van der Waals surface area contributed by atoms with E-state index in [4.69, 9.17) is 23.2 Å². The fourth-order valence-corrected chi connectivity index (χ4v) is 5.47.